The number of aliphatic hydroxyl groups excluding tert-OH is 2. The smallest absolute Gasteiger partial charge is 0.341 e. The van der Waals surface area contributed by atoms with Gasteiger partial charge in [0.2, 0.25) is 0 Å². The predicted octanol–water partition coefficient (Wildman–Crippen LogP) is 0.834. The van der Waals surface area contributed by atoms with Crippen LogP contribution < -0.4 is 0 Å². The fraction of sp³-hybridized carbons (Fsp3) is 0. The molecule has 3 heteroatoms. The average Bonchev–Trinajstić information content (AvgIpc) is 1.77. The van der Waals surface area contributed by atoms with Crippen LogP contribution in [-0.4, -0.2) is 10.2 Å². The van der Waals surface area contributed by atoms with Gasteiger partial charge in [-0.25, -0.2) is 0 Å². The minimum atomic E-state index is -0.451. The van der Waals surface area contributed by atoms with Gasteiger partial charge in [0.25, 0.3) is 0 Å². The Morgan fingerprint density at radius 2 is 2.12 bits per heavy atom. The van der Waals surface area contributed by atoms with Crippen LogP contribution in [0.15, 0.2) is 24.2 Å². The highest BCUT2D eigenvalue weighted by Crippen LogP contribution is 2.12. The molecule has 0 spiro atoms. The molecule has 1 rings (SSSR count). The third kappa shape index (κ3) is 0.816. The van der Waals surface area contributed by atoms with Gasteiger partial charge in [-0.3, -0.25) is 0 Å². The van der Waals surface area contributed by atoms with E-state index in [2.05, 4.69) is 4.74 Å². The summed E-state index contributed by atoms with van der Waals surface area (Å²) in [7, 11) is 0. The number of allylic oxidation sites excluding steroid dienone is 2. The fourth-order valence-electron chi connectivity index (χ4n) is 0.366. The third-order valence-corrected chi connectivity index (χ3v) is 0.731. The van der Waals surface area contributed by atoms with Crippen LogP contribution in [0.4, 0.5) is 0 Å². The lowest BCUT2D eigenvalue weighted by Gasteiger charge is -2.08. The number of aliphatic hydroxyl groups is 2. The lowest BCUT2D eigenvalue weighted by Crippen LogP contribution is -2.03. The van der Waals surface area contributed by atoms with Gasteiger partial charge < -0.3 is 14.9 Å². The summed E-state index contributed by atoms with van der Waals surface area (Å²) in [6, 6.07) is 0. The summed E-state index contributed by atoms with van der Waals surface area (Å²) in [4.78, 5) is 0. The normalized spacial score (nSPS) is 19.9. The molecule has 8 heavy (non-hydrogen) atoms. The lowest BCUT2D eigenvalue weighted by molar-refractivity contribution is 0.0543. The molecule has 0 fully saturated rings. The highest BCUT2D eigenvalue weighted by atomic mass is 16.6. The maximum absolute atomic E-state index is 8.58. The van der Waals surface area contributed by atoms with Gasteiger partial charge in [0.1, 0.15) is 0 Å². The number of hydrogen-bond donors (Lipinski definition) is 2. The molecular weight excluding hydrogens is 108 g/mol. The molecule has 2 N–H and O–H groups in total. The van der Waals surface area contributed by atoms with Crippen molar-refractivity contribution < 1.29 is 14.9 Å². The van der Waals surface area contributed by atoms with Crippen molar-refractivity contribution in [2.75, 3.05) is 0 Å². The molecule has 0 bridgehead atoms. The first-order valence-corrected chi connectivity index (χ1v) is 2.09. The molecule has 1 heterocycles. The largest absolute Gasteiger partial charge is 0.506 e. The molecule has 0 aromatic rings. The van der Waals surface area contributed by atoms with Crippen molar-refractivity contribution in [3.05, 3.63) is 30.5 Å². The highest BCUT2D eigenvalue weighted by molar-refractivity contribution is 5.16. The first kappa shape index (κ1) is 5.18. The van der Waals surface area contributed by atoms with Crippen LogP contribution in [0.25, 0.3) is 0 Å². The average molecular weight is 113 g/mol. The molecule has 0 atom stereocenters. The van der Waals surface area contributed by atoms with E-state index in [1.807, 2.05) is 0 Å². The summed E-state index contributed by atoms with van der Waals surface area (Å²) in [6.45, 7) is 0. The standard InChI is InChI=1S/C5H5O3/c6-4-2-1-3-8-5(4)7/h1-3,6-7H. The first-order chi connectivity index (χ1) is 3.80. The SMILES string of the molecule is O[C]1OC=CC=C1O. The topological polar surface area (TPSA) is 49.7 Å². The molecule has 1 aliphatic rings. The van der Waals surface area contributed by atoms with Crippen LogP contribution in [-0.2, 0) is 4.74 Å². The van der Waals surface area contributed by atoms with Crippen molar-refractivity contribution in [1.82, 2.24) is 0 Å². The quantitative estimate of drug-likeness (QED) is 0.489. The van der Waals surface area contributed by atoms with Gasteiger partial charge in [0.15, 0.2) is 5.76 Å². The second-order valence-electron chi connectivity index (χ2n) is 1.30. The zero-order valence-corrected chi connectivity index (χ0v) is 4.03. The van der Waals surface area contributed by atoms with Crippen molar-refractivity contribution in [3.8, 4) is 0 Å². The van der Waals surface area contributed by atoms with E-state index in [1.54, 1.807) is 0 Å². The van der Waals surface area contributed by atoms with Gasteiger partial charge in [-0.2, -0.15) is 0 Å². The van der Waals surface area contributed by atoms with E-state index in [1.165, 1.54) is 18.4 Å². The molecule has 0 aromatic heterocycles. The lowest BCUT2D eigenvalue weighted by atomic mass is 10.4. The second-order valence-corrected chi connectivity index (χ2v) is 1.30. The van der Waals surface area contributed by atoms with Crippen LogP contribution in [0.3, 0.4) is 0 Å². The van der Waals surface area contributed by atoms with Crippen molar-refractivity contribution in [2.45, 2.75) is 0 Å². The van der Waals surface area contributed by atoms with Gasteiger partial charge in [0, 0.05) is 0 Å². The van der Waals surface area contributed by atoms with Crippen molar-refractivity contribution in [1.29, 1.82) is 0 Å². The Bertz CT molecular complexity index is 137. The maximum atomic E-state index is 8.58. The molecule has 1 radical (unpaired) electrons. The molecule has 1 aliphatic heterocycles. The van der Waals surface area contributed by atoms with E-state index < -0.39 is 6.29 Å². The fourth-order valence-corrected chi connectivity index (χ4v) is 0.366. The van der Waals surface area contributed by atoms with Crippen LogP contribution in [0.5, 0.6) is 0 Å². The van der Waals surface area contributed by atoms with Crippen LogP contribution >= 0.6 is 0 Å². The summed E-state index contributed by atoms with van der Waals surface area (Å²) in [6.07, 6.45) is 3.63. The molecule has 0 saturated carbocycles. The zero-order valence-electron chi connectivity index (χ0n) is 4.03. The molecule has 0 saturated heterocycles. The number of hydrogen-bond acceptors (Lipinski definition) is 3. The Labute approximate surface area is 46.5 Å². The van der Waals surface area contributed by atoms with Crippen molar-refractivity contribution >= 4 is 0 Å². The molecule has 0 unspecified atom stereocenters. The Hall–Kier alpha value is -0.960. The molecule has 3 nitrogen and oxygen atoms in total. The van der Waals surface area contributed by atoms with Crippen molar-refractivity contribution in [3.63, 3.8) is 0 Å². The van der Waals surface area contributed by atoms with E-state index in [9.17, 15) is 0 Å². The summed E-state index contributed by atoms with van der Waals surface area (Å²) in [5, 5.41) is 17.1. The van der Waals surface area contributed by atoms with Gasteiger partial charge in [-0.15, -0.1) is 0 Å². The number of ether oxygens (including phenoxy) is 1. The summed E-state index contributed by atoms with van der Waals surface area (Å²) in [5.74, 6) is -0.243. The first-order valence-electron chi connectivity index (χ1n) is 2.09. The van der Waals surface area contributed by atoms with Gasteiger partial charge in [0.05, 0.1) is 6.26 Å². The van der Waals surface area contributed by atoms with Gasteiger partial charge in [-0.1, -0.05) is 0 Å². The van der Waals surface area contributed by atoms with Crippen molar-refractivity contribution in [2.24, 2.45) is 0 Å². The molecule has 0 amide bonds. The molecular formula is C5H5O3. The predicted molar refractivity (Wildman–Crippen MR) is 26.1 cm³/mol. The highest BCUT2D eigenvalue weighted by Gasteiger charge is 2.12. The summed E-state index contributed by atoms with van der Waals surface area (Å²) in [5.41, 5.74) is 0. The molecule has 43 valence electrons. The van der Waals surface area contributed by atoms with Gasteiger partial charge >= 0.3 is 6.29 Å². The number of rotatable bonds is 0. The maximum Gasteiger partial charge on any atom is 0.341 e. The zero-order chi connectivity index (χ0) is 5.98. The Kier molecular flexibility index (Phi) is 1.22. The van der Waals surface area contributed by atoms with Crippen LogP contribution in [0, 0.1) is 6.29 Å². The Morgan fingerprint density at radius 1 is 1.38 bits per heavy atom. The minimum Gasteiger partial charge on any atom is -0.506 e. The summed E-state index contributed by atoms with van der Waals surface area (Å²) < 4.78 is 4.36. The Morgan fingerprint density at radius 3 is 2.50 bits per heavy atom. The van der Waals surface area contributed by atoms with E-state index >= 15 is 0 Å². The van der Waals surface area contributed by atoms with E-state index in [-0.39, 0.29) is 5.76 Å². The van der Waals surface area contributed by atoms with E-state index in [0.717, 1.165) is 0 Å². The van der Waals surface area contributed by atoms with E-state index in [4.69, 9.17) is 10.2 Å². The van der Waals surface area contributed by atoms with Crippen LogP contribution in [0.1, 0.15) is 0 Å². The Balaban J connectivity index is 2.66. The third-order valence-electron chi connectivity index (χ3n) is 0.731. The monoisotopic (exact) mass is 113 g/mol. The van der Waals surface area contributed by atoms with E-state index in [0.29, 0.717) is 0 Å². The van der Waals surface area contributed by atoms with Gasteiger partial charge in [-0.05, 0) is 12.2 Å². The van der Waals surface area contributed by atoms with Crippen LogP contribution in [0.2, 0.25) is 0 Å². The minimum absolute atomic E-state index is 0.243. The molecule has 0 aromatic carbocycles. The second kappa shape index (κ2) is 1.88. The summed E-state index contributed by atoms with van der Waals surface area (Å²) >= 11 is 0. The molecule has 0 aliphatic carbocycles.